The van der Waals surface area contributed by atoms with Crippen LogP contribution in [0, 0.1) is 0 Å². The van der Waals surface area contributed by atoms with E-state index in [1.165, 1.54) is 19.3 Å². The van der Waals surface area contributed by atoms with Crippen molar-refractivity contribution in [2.24, 2.45) is 0 Å². The SMILES string of the molecule is CCC(Nc1nc(NCc2cc(OC)ccc2N)c2ncn(C3CCCCC3)c2n1)C(C)O. The number of aliphatic hydroxyl groups is 1. The molecule has 1 aromatic carbocycles. The largest absolute Gasteiger partial charge is 0.497 e. The number of aliphatic hydroxyl groups excluding tert-OH is 1. The van der Waals surface area contributed by atoms with E-state index in [-0.39, 0.29) is 6.04 Å². The van der Waals surface area contributed by atoms with Crippen LogP contribution in [0.4, 0.5) is 17.5 Å². The van der Waals surface area contributed by atoms with Gasteiger partial charge in [0.15, 0.2) is 17.0 Å². The number of nitrogens with zero attached hydrogens (tertiary/aromatic N) is 4. The summed E-state index contributed by atoms with van der Waals surface area (Å²) in [4.78, 5) is 14.2. The summed E-state index contributed by atoms with van der Waals surface area (Å²) in [5.41, 5.74) is 9.32. The number of aromatic nitrogens is 4. The van der Waals surface area contributed by atoms with Crippen LogP contribution in [0.1, 0.15) is 64.0 Å². The smallest absolute Gasteiger partial charge is 0.227 e. The van der Waals surface area contributed by atoms with Crippen LogP contribution in [-0.2, 0) is 6.54 Å². The van der Waals surface area contributed by atoms with Gasteiger partial charge < -0.3 is 30.8 Å². The number of hydrogen-bond donors (Lipinski definition) is 4. The summed E-state index contributed by atoms with van der Waals surface area (Å²) < 4.78 is 7.53. The van der Waals surface area contributed by atoms with Gasteiger partial charge in [-0.05, 0) is 49.9 Å². The third-order valence-corrected chi connectivity index (χ3v) is 6.52. The molecular formula is C24H35N7O2. The van der Waals surface area contributed by atoms with E-state index in [0.717, 1.165) is 41.7 Å². The summed E-state index contributed by atoms with van der Waals surface area (Å²) in [7, 11) is 1.64. The predicted molar refractivity (Wildman–Crippen MR) is 132 cm³/mol. The number of nitrogen functional groups attached to an aromatic ring is 1. The summed E-state index contributed by atoms with van der Waals surface area (Å²) in [5, 5.41) is 16.8. The molecule has 1 aliphatic rings. The monoisotopic (exact) mass is 453 g/mol. The first-order valence-electron chi connectivity index (χ1n) is 11.9. The topological polar surface area (TPSA) is 123 Å². The lowest BCUT2D eigenvalue weighted by Gasteiger charge is -2.24. The molecule has 33 heavy (non-hydrogen) atoms. The Kier molecular flexibility index (Phi) is 7.17. The summed E-state index contributed by atoms with van der Waals surface area (Å²) >= 11 is 0. The fourth-order valence-electron chi connectivity index (χ4n) is 4.50. The molecule has 1 aliphatic carbocycles. The summed E-state index contributed by atoms with van der Waals surface area (Å²) in [6, 6.07) is 5.85. The molecule has 2 aromatic heterocycles. The van der Waals surface area contributed by atoms with Crippen molar-refractivity contribution in [3.8, 4) is 5.75 Å². The van der Waals surface area contributed by atoms with Gasteiger partial charge in [-0.1, -0.05) is 26.2 Å². The highest BCUT2D eigenvalue weighted by molar-refractivity contribution is 5.84. The molecule has 0 radical (unpaired) electrons. The van der Waals surface area contributed by atoms with Gasteiger partial charge >= 0.3 is 0 Å². The molecule has 0 saturated heterocycles. The lowest BCUT2D eigenvalue weighted by molar-refractivity contribution is 0.169. The van der Waals surface area contributed by atoms with Gasteiger partial charge in [-0.2, -0.15) is 9.97 Å². The van der Waals surface area contributed by atoms with E-state index in [1.54, 1.807) is 14.0 Å². The van der Waals surface area contributed by atoms with Crippen molar-refractivity contribution in [3.05, 3.63) is 30.1 Å². The van der Waals surface area contributed by atoms with Gasteiger partial charge in [0.1, 0.15) is 5.75 Å². The molecule has 178 valence electrons. The maximum Gasteiger partial charge on any atom is 0.227 e. The molecule has 0 bridgehead atoms. The van der Waals surface area contributed by atoms with Crippen molar-refractivity contribution >= 4 is 28.6 Å². The second kappa shape index (κ2) is 10.2. The number of anilines is 3. The zero-order valence-electron chi connectivity index (χ0n) is 19.7. The maximum atomic E-state index is 10.1. The molecule has 2 unspecified atom stereocenters. The lowest BCUT2D eigenvalue weighted by atomic mass is 9.95. The Hall–Kier alpha value is -3.07. The molecule has 2 atom stereocenters. The van der Waals surface area contributed by atoms with Gasteiger partial charge in [0.2, 0.25) is 5.95 Å². The molecule has 2 heterocycles. The number of imidazole rings is 1. The van der Waals surface area contributed by atoms with Crippen molar-refractivity contribution < 1.29 is 9.84 Å². The highest BCUT2D eigenvalue weighted by atomic mass is 16.5. The van der Waals surface area contributed by atoms with Gasteiger partial charge in [0.25, 0.3) is 0 Å². The average molecular weight is 454 g/mol. The van der Waals surface area contributed by atoms with Crippen LogP contribution in [-0.4, -0.2) is 43.9 Å². The number of methoxy groups -OCH3 is 1. The Morgan fingerprint density at radius 1 is 1.24 bits per heavy atom. The predicted octanol–water partition coefficient (Wildman–Crippen LogP) is 4.11. The number of hydrogen-bond acceptors (Lipinski definition) is 8. The third kappa shape index (κ3) is 5.13. The Balaban J connectivity index is 1.69. The van der Waals surface area contributed by atoms with Crippen molar-refractivity contribution in [1.29, 1.82) is 0 Å². The molecule has 9 heteroatoms. The maximum absolute atomic E-state index is 10.1. The van der Waals surface area contributed by atoms with Crippen LogP contribution in [0.2, 0.25) is 0 Å². The number of fused-ring (bicyclic) bond motifs is 1. The second-order valence-electron chi connectivity index (χ2n) is 8.83. The Morgan fingerprint density at radius 2 is 2.03 bits per heavy atom. The number of rotatable bonds is 9. The molecule has 3 aromatic rings. The molecule has 1 saturated carbocycles. The Bertz CT molecular complexity index is 1080. The third-order valence-electron chi connectivity index (χ3n) is 6.52. The van der Waals surface area contributed by atoms with E-state index >= 15 is 0 Å². The van der Waals surface area contributed by atoms with Crippen LogP contribution in [0.15, 0.2) is 24.5 Å². The number of ether oxygens (including phenoxy) is 1. The summed E-state index contributed by atoms with van der Waals surface area (Å²) in [6.07, 6.45) is 8.11. The Labute approximate surface area is 194 Å². The van der Waals surface area contributed by atoms with Crippen LogP contribution >= 0.6 is 0 Å². The first-order chi connectivity index (χ1) is 16.0. The van der Waals surface area contributed by atoms with Crippen molar-refractivity contribution in [2.75, 3.05) is 23.5 Å². The van der Waals surface area contributed by atoms with E-state index < -0.39 is 6.10 Å². The van der Waals surface area contributed by atoms with Crippen molar-refractivity contribution in [1.82, 2.24) is 19.5 Å². The van der Waals surface area contributed by atoms with Crippen molar-refractivity contribution in [2.45, 2.75) is 77.1 Å². The van der Waals surface area contributed by atoms with Crippen LogP contribution in [0.25, 0.3) is 11.2 Å². The van der Waals surface area contributed by atoms with Crippen LogP contribution in [0.5, 0.6) is 5.75 Å². The number of nitrogens with one attached hydrogen (secondary N) is 2. The van der Waals surface area contributed by atoms with Gasteiger partial charge in [-0.25, -0.2) is 4.98 Å². The highest BCUT2D eigenvalue weighted by Crippen LogP contribution is 2.32. The fourth-order valence-corrected chi connectivity index (χ4v) is 4.50. The van der Waals surface area contributed by atoms with E-state index in [1.807, 2.05) is 31.5 Å². The normalized spacial score (nSPS) is 16.5. The minimum absolute atomic E-state index is 0.143. The van der Waals surface area contributed by atoms with Crippen molar-refractivity contribution in [3.63, 3.8) is 0 Å². The number of nitrogens with two attached hydrogens (primary N) is 1. The molecule has 0 amide bonds. The highest BCUT2D eigenvalue weighted by Gasteiger charge is 2.22. The van der Waals surface area contributed by atoms with E-state index in [0.29, 0.717) is 30.0 Å². The molecular weight excluding hydrogens is 418 g/mol. The first-order valence-corrected chi connectivity index (χ1v) is 11.9. The molecule has 0 spiro atoms. The molecule has 5 N–H and O–H groups in total. The minimum Gasteiger partial charge on any atom is -0.497 e. The molecule has 9 nitrogen and oxygen atoms in total. The lowest BCUT2D eigenvalue weighted by Crippen LogP contribution is -2.31. The van der Waals surface area contributed by atoms with E-state index in [9.17, 15) is 5.11 Å². The molecule has 1 fully saturated rings. The van der Waals surface area contributed by atoms with E-state index in [4.69, 9.17) is 20.4 Å². The standard InChI is InChI=1S/C24H35N7O2/c1-4-20(15(2)32)28-24-29-22(26-13-16-12-18(33-3)10-11-19(16)25)21-23(30-24)31(14-27-21)17-8-6-5-7-9-17/h10-12,14-15,17,20,32H,4-9,13,25H2,1-3H3,(H2,26,28,29,30). The van der Waals surface area contributed by atoms with Crippen LogP contribution < -0.4 is 21.1 Å². The first kappa shape index (κ1) is 23.1. The second-order valence-corrected chi connectivity index (χ2v) is 8.83. The molecule has 4 rings (SSSR count). The van der Waals surface area contributed by atoms with E-state index in [2.05, 4.69) is 20.2 Å². The minimum atomic E-state index is -0.523. The van der Waals surface area contributed by atoms with Gasteiger partial charge in [0.05, 0.1) is 25.6 Å². The Morgan fingerprint density at radius 3 is 2.73 bits per heavy atom. The molecule has 0 aliphatic heterocycles. The fraction of sp³-hybridized carbons (Fsp3) is 0.542. The van der Waals surface area contributed by atoms with Gasteiger partial charge in [-0.3, -0.25) is 0 Å². The zero-order chi connectivity index (χ0) is 23.4. The van der Waals surface area contributed by atoms with Gasteiger partial charge in [-0.15, -0.1) is 0 Å². The number of benzene rings is 1. The quantitative estimate of drug-likeness (QED) is 0.357. The zero-order valence-corrected chi connectivity index (χ0v) is 19.7. The summed E-state index contributed by atoms with van der Waals surface area (Å²) in [6.45, 7) is 4.27. The van der Waals surface area contributed by atoms with Crippen LogP contribution in [0.3, 0.4) is 0 Å². The summed E-state index contributed by atoms with van der Waals surface area (Å²) in [5.74, 6) is 1.87. The van der Waals surface area contributed by atoms with Gasteiger partial charge in [0, 0.05) is 18.3 Å². The average Bonchev–Trinajstić information content (AvgIpc) is 3.26.